The van der Waals surface area contributed by atoms with E-state index in [-0.39, 0.29) is 0 Å². The van der Waals surface area contributed by atoms with Crippen LogP contribution in [0.2, 0.25) is 13.1 Å². The first-order chi connectivity index (χ1) is 4.81. The predicted molar refractivity (Wildman–Crippen MR) is 66.4 cm³/mol. The molecule has 0 aromatic heterocycles. The first kappa shape index (κ1) is 10.5. The third kappa shape index (κ3) is 6.57. The number of hydrogen-bond donors (Lipinski definition) is 0. The molecule has 10 heavy (non-hydrogen) atoms. The van der Waals surface area contributed by atoms with Crippen molar-refractivity contribution in [1.29, 1.82) is 0 Å². The molecule has 48 valence electrons. The third-order valence-corrected chi connectivity index (χ3v) is 2.25. The molecule has 0 N–H and O–H groups in total. The van der Waals surface area contributed by atoms with Crippen molar-refractivity contribution < 1.29 is 0 Å². The van der Waals surface area contributed by atoms with Crippen LogP contribution >= 0.6 is 0 Å². The van der Waals surface area contributed by atoms with Crippen molar-refractivity contribution in [2.24, 2.45) is 0 Å². The van der Waals surface area contributed by atoms with Gasteiger partial charge in [-0.05, 0) is 0 Å². The monoisotopic (exact) mass is 128 g/mol. The maximum atomic E-state index is 2.35. The Hall–Kier alpha value is 0.455. The number of rotatable bonds is 6. The largest absolute Gasteiger partial charge is 0.0931 e. The molecule has 0 saturated carbocycles. The van der Waals surface area contributed by atoms with Gasteiger partial charge >= 0.3 is 0 Å². The summed E-state index contributed by atoms with van der Waals surface area (Å²) in [4.78, 5) is 0. The van der Waals surface area contributed by atoms with Gasteiger partial charge in [0.25, 0.3) is 0 Å². The molecular formula is C3H15B7. The Bertz CT molecular complexity index is 65.9. The minimum atomic E-state index is 0.955. The summed E-state index contributed by atoms with van der Waals surface area (Å²) in [6.45, 7) is 5.59. The minimum absolute atomic E-state index is 0.955. The van der Waals surface area contributed by atoms with Crippen molar-refractivity contribution in [2.45, 2.75) is 20.1 Å². The highest BCUT2D eigenvalue weighted by Crippen LogP contribution is 1.84. The van der Waals surface area contributed by atoms with E-state index < -0.39 is 0 Å². The van der Waals surface area contributed by atoms with E-state index in [1.165, 1.54) is 41.6 Å². The molecular weight excluding hydrogens is 112 g/mol. The fourth-order valence-corrected chi connectivity index (χ4v) is 1.12. The van der Waals surface area contributed by atoms with Crippen LogP contribution in [0.5, 0.6) is 0 Å². The van der Waals surface area contributed by atoms with Crippen LogP contribution in [0.3, 0.4) is 0 Å². The Balaban J connectivity index is 2.89. The van der Waals surface area contributed by atoms with Gasteiger partial charge in [0.2, 0.25) is 0 Å². The van der Waals surface area contributed by atoms with Crippen LogP contribution < -0.4 is 0 Å². The quantitative estimate of drug-likeness (QED) is 0.263. The highest BCUT2D eigenvalue weighted by Gasteiger charge is 2.04. The van der Waals surface area contributed by atoms with E-state index in [0.29, 0.717) is 0 Å². The van der Waals surface area contributed by atoms with Crippen LogP contribution in [0.25, 0.3) is 0 Å². The first-order valence-corrected chi connectivity index (χ1v) is 4.81. The highest BCUT2D eigenvalue weighted by molar-refractivity contribution is 7.63. The zero-order valence-electron chi connectivity index (χ0n) is 7.82. The minimum Gasteiger partial charge on any atom is -0.0931 e. The number of hydrogen-bond acceptors (Lipinski definition) is 0. The van der Waals surface area contributed by atoms with Gasteiger partial charge in [0.15, 0.2) is 0 Å². The zero-order chi connectivity index (χ0) is 7.82. The molecule has 0 unspecified atom stereocenters. The Morgan fingerprint density at radius 1 is 1.30 bits per heavy atom. The van der Waals surface area contributed by atoms with Crippen molar-refractivity contribution in [3.8, 4) is 0 Å². The maximum Gasteiger partial charge on any atom is 0.0919 e. The lowest BCUT2D eigenvalue weighted by atomic mass is 8.92. The summed E-state index contributed by atoms with van der Waals surface area (Å²) < 4.78 is 0. The Kier molecular flexibility index (Phi) is 7.90. The standard InChI is InChI=1S/C3H15B7/c1-3-10(2)9-8-7-6-5-4/h5-9H,3-4H2,1-2H3. The van der Waals surface area contributed by atoms with Crippen molar-refractivity contribution in [3.63, 3.8) is 0 Å². The van der Waals surface area contributed by atoms with E-state index in [1.54, 1.807) is 0 Å². The fraction of sp³-hybridized carbons (Fsp3) is 1.00. The molecule has 0 nitrogen and oxygen atoms in total. The van der Waals surface area contributed by atoms with E-state index in [9.17, 15) is 0 Å². The van der Waals surface area contributed by atoms with Gasteiger partial charge in [0, 0.05) is 28.2 Å². The maximum absolute atomic E-state index is 2.35. The lowest BCUT2D eigenvalue weighted by molar-refractivity contribution is 1.44. The molecule has 0 fully saturated rings. The summed E-state index contributed by atoms with van der Waals surface area (Å²) in [6.07, 6.45) is 1.35. The summed E-state index contributed by atoms with van der Waals surface area (Å²) in [6, 6.07) is 0. The average molecular weight is 127 g/mol. The third-order valence-electron chi connectivity index (χ3n) is 2.25. The summed E-state index contributed by atoms with van der Waals surface area (Å²) in [5.74, 6) is 0. The van der Waals surface area contributed by atoms with E-state index in [2.05, 4.69) is 21.5 Å². The molecule has 0 aliphatic rings. The van der Waals surface area contributed by atoms with Crippen molar-refractivity contribution in [1.82, 2.24) is 0 Å². The van der Waals surface area contributed by atoms with Crippen LogP contribution in [-0.4, -0.2) is 49.6 Å². The summed E-state index contributed by atoms with van der Waals surface area (Å²) >= 11 is 0. The molecule has 0 radical (unpaired) electrons. The molecule has 0 bridgehead atoms. The molecule has 0 aromatic rings. The van der Waals surface area contributed by atoms with Gasteiger partial charge in [0.05, 0.1) is 21.4 Å². The summed E-state index contributed by atoms with van der Waals surface area (Å²) in [7, 11) is 9.39. The van der Waals surface area contributed by atoms with Crippen molar-refractivity contribution in [2.75, 3.05) is 0 Å². The molecule has 0 aliphatic carbocycles. The Labute approximate surface area is 70.3 Å². The van der Waals surface area contributed by atoms with Crippen LogP contribution in [0.1, 0.15) is 6.92 Å². The van der Waals surface area contributed by atoms with Gasteiger partial charge < -0.3 is 0 Å². The Morgan fingerprint density at radius 2 is 2.00 bits per heavy atom. The van der Waals surface area contributed by atoms with Crippen molar-refractivity contribution >= 4 is 49.6 Å². The topological polar surface area (TPSA) is 0 Å². The van der Waals surface area contributed by atoms with Gasteiger partial charge in [-0.25, -0.2) is 0 Å². The molecule has 0 spiro atoms. The second-order valence-electron chi connectivity index (χ2n) is 3.36. The normalized spacial score (nSPS) is 7.80. The molecule has 0 rings (SSSR count). The second-order valence-corrected chi connectivity index (χ2v) is 3.36. The second kappa shape index (κ2) is 7.56. The lowest BCUT2D eigenvalue weighted by Gasteiger charge is -1.98. The Morgan fingerprint density at radius 3 is 2.50 bits per heavy atom. The van der Waals surface area contributed by atoms with E-state index in [4.69, 9.17) is 0 Å². The van der Waals surface area contributed by atoms with E-state index in [1.807, 2.05) is 0 Å². The summed E-state index contributed by atoms with van der Waals surface area (Å²) in [5.41, 5.74) is 0. The van der Waals surface area contributed by atoms with Gasteiger partial charge in [-0.2, -0.15) is 0 Å². The van der Waals surface area contributed by atoms with Crippen LogP contribution in [0.4, 0.5) is 0 Å². The lowest BCUT2D eigenvalue weighted by Crippen LogP contribution is -2.31. The van der Waals surface area contributed by atoms with Gasteiger partial charge in [-0.15, -0.1) is 0 Å². The highest BCUT2D eigenvalue weighted by atomic mass is 13.4. The molecule has 0 aromatic carbocycles. The zero-order valence-corrected chi connectivity index (χ0v) is 7.82. The molecule has 0 heterocycles. The van der Waals surface area contributed by atoms with Gasteiger partial charge in [0.1, 0.15) is 0 Å². The molecule has 0 aliphatic heterocycles. The van der Waals surface area contributed by atoms with Gasteiger partial charge in [-0.3, -0.25) is 0 Å². The van der Waals surface area contributed by atoms with Crippen LogP contribution in [0.15, 0.2) is 0 Å². The smallest absolute Gasteiger partial charge is 0.0919 e. The van der Waals surface area contributed by atoms with E-state index in [0.717, 1.165) is 6.60 Å². The molecule has 0 atom stereocenters. The fourth-order valence-electron chi connectivity index (χ4n) is 1.12. The van der Waals surface area contributed by atoms with Crippen LogP contribution in [0, 0.1) is 0 Å². The average Bonchev–Trinajstić information content (AvgIpc) is 1.98. The summed E-state index contributed by atoms with van der Waals surface area (Å²) in [5, 5.41) is 0. The molecule has 0 amide bonds. The van der Waals surface area contributed by atoms with Crippen LogP contribution in [-0.2, 0) is 0 Å². The van der Waals surface area contributed by atoms with Crippen molar-refractivity contribution in [3.05, 3.63) is 0 Å². The SMILES string of the molecule is BBBBBBB(C)CC. The first-order valence-electron chi connectivity index (χ1n) is 4.81. The predicted octanol–water partition coefficient (Wildman–Crippen LogP) is -2.98. The van der Waals surface area contributed by atoms with E-state index >= 15 is 0 Å². The molecule has 0 saturated heterocycles. The van der Waals surface area contributed by atoms with Gasteiger partial charge in [-0.1, -0.05) is 20.1 Å². The molecule has 7 heteroatoms.